The molecule has 0 spiro atoms. The van der Waals surface area contributed by atoms with Gasteiger partial charge in [-0.2, -0.15) is 0 Å². The first-order valence-electron chi connectivity index (χ1n) is 7.24. The number of benzene rings is 2. The van der Waals surface area contributed by atoms with Crippen LogP contribution in [0.5, 0.6) is 0 Å². The second kappa shape index (κ2) is 7.02. The summed E-state index contributed by atoms with van der Waals surface area (Å²) < 4.78 is 0. The van der Waals surface area contributed by atoms with E-state index in [4.69, 9.17) is 0 Å². The maximum atomic E-state index is 11.9. The number of nitrogens with zero attached hydrogens (tertiary/aromatic N) is 2. The van der Waals surface area contributed by atoms with Crippen molar-refractivity contribution in [2.24, 2.45) is 0 Å². The highest BCUT2D eigenvalue weighted by Crippen LogP contribution is 2.28. The number of aromatic nitrogens is 2. The van der Waals surface area contributed by atoms with Gasteiger partial charge in [-0.1, -0.05) is 66.8 Å². The average molecular weight is 324 g/mol. The van der Waals surface area contributed by atoms with Crippen LogP contribution in [0.1, 0.15) is 23.4 Å². The van der Waals surface area contributed by atoms with Crippen LogP contribution >= 0.6 is 11.3 Å². The lowest BCUT2D eigenvalue weighted by molar-refractivity contribution is 0.262. The molecule has 2 aromatic carbocycles. The Morgan fingerprint density at radius 1 is 0.957 bits per heavy atom. The Bertz CT molecular complexity index is 774. The molecule has 0 bridgehead atoms. The van der Waals surface area contributed by atoms with E-state index < -0.39 is 0 Å². The van der Waals surface area contributed by atoms with Gasteiger partial charge in [-0.25, -0.2) is 4.79 Å². The van der Waals surface area contributed by atoms with Crippen LogP contribution in [-0.4, -0.2) is 16.2 Å². The SMILES string of the molecule is C[C@@H](c1ccccc1)c1nnc(NC(=O)Nc2ccccc2)s1. The van der Waals surface area contributed by atoms with E-state index in [2.05, 4.69) is 39.9 Å². The van der Waals surface area contributed by atoms with E-state index in [1.54, 1.807) is 0 Å². The lowest BCUT2D eigenvalue weighted by Crippen LogP contribution is -2.19. The van der Waals surface area contributed by atoms with E-state index >= 15 is 0 Å². The molecule has 0 aliphatic heterocycles. The minimum Gasteiger partial charge on any atom is -0.308 e. The normalized spacial score (nSPS) is 11.7. The van der Waals surface area contributed by atoms with Crippen molar-refractivity contribution in [2.75, 3.05) is 10.6 Å². The number of para-hydroxylation sites is 1. The van der Waals surface area contributed by atoms with Crippen LogP contribution in [-0.2, 0) is 0 Å². The monoisotopic (exact) mass is 324 g/mol. The quantitative estimate of drug-likeness (QED) is 0.750. The summed E-state index contributed by atoms with van der Waals surface area (Å²) in [5.41, 5.74) is 1.90. The lowest BCUT2D eigenvalue weighted by Gasteiger charge is -2.07. The van der Waals surface area contributed by atoms with Crippen molar-refractivity contribution in [1.82, 2.24) is 10.2 Å². The van der Waals surface area contributed by atoms with E-state index in [1.165, 1.54) is 16.9 Å². The van der Waals surface area contributed by atoms with Crippen molar-refractivity contribution in [1.29, 1.82) is 0 Å². The molecule has 0 aliphatic rings. The zero-order valence-electron chi connectivity index (χ0n) is 12.6. The van der Waals surface area contributed by atoms with E-state index in [-0.39, 0.29) is 11.9 Å². The van der Waals surface area contributed by atoms with Gasteiger partial charge in [-0.15, -0.1) is 10.2 Å². The molecule has 1 atom stereocenters. The molecule has 0 aliphatic carbocycles. The summed E-state index contributed by atoms with van der Waals surface area (Å²) in [6.45, 7) is 2.07. The minimum atomic E-state index is -0.328. The Kier molecular flexibility index (Phi) is 4.63. The van der Waals surface area contributed by atoms with Gasteiger partial charge < -0.3 is 5.32 Å². The predicted octanol–water partition coefficient (Wildman–Crippen LogP) is 4.33. The second-order valence-electron chi connectivity index (χ2n) is 5.02. The maximum Gasteiger partial charge on any atom is 0.325 e. The minimum absolute atomic E-state index is 0.140. The molecule has 1 aromatic heterocycles. The Morgan fingerprint density at radius 3 is 2.30 bits per heavy atom. The Labute approximate surface area is 138 Å². The summed E-state index contributed by atoms with van der Waals surface area (Å²) in [5.74, 6) is 0.140. The molecule has 0 fully saturated rings. The van der Waals surface area contributed by atoms with Crippen LogP contribution in [0.25, 0.3) is 0 Å². The van der Waals surface area contributed by atoms with Crippen LogP contribution < -0.4 is 10.6 Å². The van der Waals surface area contributed by atoms with E-state index in [9.17, 15) is 4.79 Å². The number of anilines is 2. The fraction of sp³-hybridized carbons (Fsp3) is 0.118. The molecule has 116 valence electrons. The highest BCUT2D eigenvalue weighted by atomic mass is 32.1. The number of rotatable bonds is 4. The van der Waals surface area contributed by atoms with Gasteiger partial charge in [-0.05, 0) is 17.7 Å². The van der Waals surface area contributed by atoms with E-state index in [1.807, 2.05) is 48.5 Å². The van der Waals surface area contributed by atoms with Crippen molar-refractivity contribution in [3.05, 3.63) is 71.2 Å². The first-order valence-corrected chi connectivity index (χ1v) is 8.05. The van der Waals surface area contributed by atoms with Gasteiger partial charge in [0.1, 0.15) is 5.01 Å². The first-order chi connectivity index (χ1) is 11.2. The number of carbonyl (C=O) groups is 1. The van der Waals surface area contributed by atoms with Gasteiger partial charge in [0, 0.05) is 11.6 Å². The van der Waals surface area contributed by atoms with Crippen LogP contribution in [0.15, 0.2) is 60.7 Å². The summed E-state index contributed by atoms with van der Waals surface area (Å²) in [4.78, 5) is 11.9. The molecule has 23 heavy (non-hydrogen) atoms. The van der Waals surface area contributed by atoms with Crippen molar-refractivity contribution < 1.29 is 4.79 Å². The van der Waals surface area contributed by atoms with Crippen molar-refractivity contribution in [3.63, 3.8) is 0 Å². The summed E-state index contributed by atoms with van der Waals surface area (Å²) in [7, 11) is 0. The number of hydrogen-bond acceptors (Lipinski definition) is 4. The molecule has 3 aromatic rings. The molecule has 0 saturated heterocycles. The molecule has 0 saturated carbocycles. The first kappa shape index (κ1) is 15.2. The smallest absolute Gasteiger partial charge is 0.308 e. The Hall–Kier alpha value is -2.73. The third-order valence-electron chi connectivity index (χ3n) is 3.36. The Morgan fingerprint density at radius 2 is 1.61 bits per heavy atom. The largest absolute Gasteiger partial charge is 0.325 e. The zero-order valence-corrected chi connectivity index (χ0v) is 13.4. The predicted molar refractivity (Wildman–Crippen MR) is 93.0 cm³/mol. The van der Waals surface area contributed by atoms with Crippen molar-refractivity contribution in [2.45, 2.75) is 12.8 Å². The molecule has 2 amide bonds. The molecule has 6 heteroatoms. The number of amides is 2. The van der Waals surface area contributed by atoms with E-state index in [0.29, 0.717) is 5.13 Å². The van der Waals surface area contributed by atoms with Crippen molar-refractivity contribution in [3.8, 4) is 0 Å². The van der Waals surface area contributed by atoms with Gasteiger partial charge in [0.25, 0.3) is 0 Å². The molecule has 5 nitrogen and oxygen atoms in total. The maximum absolute atomic E-state index is 11.9. The van der Waals surface area contributed by atoms with Crippen LogP contribution in [0.3, 0.4) is 0 Å². The molecule has 0 unspecified atom stereocenters. The van der Waals surface area contributed by atoms with Crippen LogP contribution in [0.2, 0.25) is 0 Å². The van der Waals surface area contributed by atoms with Gasteiger partial charge in [0.05, 0.1) is 0 Å². The zero-order chi connectivity index (χ0) is 16.1. The summed E-state index contributed by atoms with van der Waals surface area (Å²) in [6.07, 6.45) is 0. The molecular weight excluding hydrogens is 308 g/mol. The average Bonchev–Trinajstić information content (AvgIpc) is 3.04. The van der Waals surface area contributed by atoms with Gasteiger partial charge in [-0.3, -0.25) is 5.32 Å². The second-order valence-corrected chi connectivity index (χ2v) is 6.03. The third-order valence-corrected chi connectivity index (χ3v) is 4.38. The molecule has 3 rings (SSSR count). The highest BCUT2D eigenvalue weighted by Gasteiger charge is 2.15. The van der Waals surface area contributed by atoms with E-state index in [0.717, 1.165) is 10.7 Å². The number of urea groups is 1. The summed E-state index contributed by atoms with van der Waals surface area (Å²) in [5, 5.41) is 15.0. The van der Waals surface area contributed by atoms with Crippen LogP contribution in [0, 0.1) is 0 Å². The van der Waals surface area contributed by atoms with Gasteiger partial charge >= 0.3 is 6.03 Å². The molecule has 1 heterocycles. The number of hydrogen-bond donors (Lipinski definition) is 2. The molecule has 2 N–H and O–H groups in total. The summed E-state index contributed by atoms with van der Waals surface area (Å²) in [6, 6.07) is 19.0. The topological polar surface area (TPSA) is 66.9 Å². The fourth-order valence-corrected chi connectivity index (χ4v) is 2.94. The summed E-state index contributed by atoms with van der Waals surface area (Å²) >= 11 is 1.38. The standard InChI is InChI=1S/C17H16N4OS/c1-12(13-8-4-2-5-9-13)15-20-21-17(23-15)19-16(22)18-14-10-6-3-7-11-14/h2-12H,1H3,(H2,18,19,21,22)/t12-/m0/s1. The van der Waals surface area contributed by atoms with Crippen molar-refractivity contribution >= 4 is 28.2 Å². The number of nitrogens with one attached hydrogen (secondary N) is 2. The molecule has 0 radical (unpaired) electrons. The Balaban J connectivity index is 1.64. The lowest BCUT2D eigenvalue weighted by atomic mass is 10.0. The molecular formula is C17H16N4OS. The highest BCUT2D eigenvalue weighted by molar-refractivity contribution is 7.15. The van der Waals surface area contributed by atoms with Gasteiger partial charge in [0.15, 0.2) is 0 Å². The van der Waals surface area contributed by atoms with Gasteiger partial charge in [0.2, 0.25) is 5.13 Å². The van der Waals surface area contributed by atoms with Crippen LogP contribution in [0.4, 0.5) is 15.6 Å². The number of carbonyl (C=O) groups excluding carboxylic acids is 1. The fourth-order valence-electron chi connectivity index (χ4n) is 2.13. The third kappa shape index (κ3) is 3.92.